The molecule has 2 N–H and O–H groups in total. The van der Waals surface area contributed by atoms with Crippen molar-refractivity contribution in [1.29, 1.82) is 0 Å². The van der Waals surface area contributed by atoms with Crippen LogP contribution in [-0.2, 0) is 0 Å². The van der Waals surface area contributed by atoms with Crippen LogP contribution in [0.2, 0.25) is 5.02 Å². The van der Waals surface area contributed by atoms with Gasteiger partial charge in [0.15, 0.2) is 0 Å². The van der Waals surface area contributed by atoms with Crippen molar-refractivity contribution in [3.8, 4) is 0 Å². The van der Waals surface area contributed by atoms with Gasteiger partial charge in [-0.15, -0.1) is 0 Å². The first kappa shape index (κ1) is 12.2. The monoisotopic (exact) mass is 253 g/mol. The lowest BCUT2D eigenvalue weighted by atomic mass is 10.1. The number of nitrogens with zero attached hydrogens (tertiary/aromatic N) is 2. The molecule has 2 rings (SSSR count). The quantitative estimate of drug-likeness (QED) is 0.898. The van der Waals surface area contributed by atoms with Crippen LogP contribution in [0.15, 0.2) is 12.3 Å². The molecule has 1 saturated carbocycles. The zero-order valence-corrected chi connectivity index (χ0v) is 10.7. The van der Waals surface area contributed by atoms with Crippen LogP contribution in [0, 0.1) is 5.92 Å². The van der Waals surface area contributed by atoms with Gasteiger partial charge in [-0.1, -0.05) is 11.6 Å². The van der Waals surface area contributed by atoms with E-state index in [1.165, 1.54) is 19.0 Å². The molecule has 0 spiro atoms. The van der Waals surface area contributed by atoms with Gasteiger partial charge in [0.25, 0.3) is 5.91 Å². The zero-order valence-electron chi connectivity index (χ0n) is 9.98. The Morgan fingerprint density at radius 3 is 2.82 bits per heavy atom. The maximum absolute atomic E-state index is 12.2. The molecule has 1 unspecified atom stereocenters. The number of hydrogen-bond donors (Lipinski definition) is 1. The predicted molar refractivity (Wildman–Crippen MR) is 67.9 cm³/mol. The number of amides is 1. The fraction of sp³-hybridized carbons (Fsp3) is 0.500. The topological polar surface area (TPSA) is 59.2 Å². The summed E-state index contributed by atoms with van der Waals surface area (Å²) >= 11 is 5.86. The molecule has 1 atom stereocenters. The lowest BCUT2D eigenvalue weighted by molar-refractivity contribution is 0.0727. The Morgan fingerprint density at radius 1 is 1.65 bits per heavy atom. The number of carbonyl (C=O) groups excluding carboxylic acids is 1. The largest absolute Gasteiger partial charge is 0.382 e. The molecule has 0 aromatic carbocycles. The highest BCUT2D eigenvalue weighted by Crippen LogP contribution is 2.35. The molecule has 1 aromatic heterocycles. The first-order valence-corrected chi connectivity index (χ1v) is 6.06. The number of halogens is 1. The average Bonchev–Trinajstić information content (AvgIpc) is 3.14. The highest BCUT2D eigenvalue weighted by Gasteiger charge is 2.32. The minimum absolute atomic E-state index is 0.0567. The van der Waals surface area contributed by atoms with Crippen molar-refractivity contribution < 1.29 is 4.79 Å². The standard InChI is InChI=1S/C12H16ClN3O/c1-7(8-3-4-8)16(2)12(17)9-5-10(13)11(14)15-6-9/h5-8H,3-4H2,1-2H3,(H2,14,15). The van der Waals surface area contributed by atoms with Crippen LogP contribution in [-0.4, -0.2) is 28.9 Å². The number of carbonyl (C=O) groups is 1. The predicted octanol–water partition coefficient (Wildman–Crippen LogP) is 2.19. The maximum atomic E-state index is 12.2. The summed E-state index contributed by atoms with van der Waals surface area (Å²) < 4.78 is 0. The second kappa shape index (κ2) is 4.53. The van der Waals surface area contributed by atoms with E-state index in [1.807, 2.05) is 7.05 Å². The van der Waals surface area contributed by atoms with E-state index in [0.29, 0.717) is 16.5 Å². The Kier molecular flexibility index (Phi) is 3.24. The van der Waals surface area contributed by atoms with Crippen molar-refractivity contribution in [1.82, 2.24) is 9.88 Å². The molecule has 92 valence electrons. The summed E-state index contributed by atoms with van der Waals surface area (Å²) in [5, 5.41) is 0.323. The SMILES string of the molecule is CC(C1CC1)N(C)C(=O)c1cnc(N)c(Cl)c1. The zero-order chi connectivity index (χ0) is 12.6. The van der Waals surface area contributed by atoms with Crippen LogP contribution in [0.5, 0.6) is 0 Å². The Bertz CT molecular complexity index is 445. The van der Waals surface area contributed by atoms with Gasteiger partial charge in [0.2, 0.25) is 0 Å². The van der Waals surface area contributed by atoms with Gasteiger partial charge < -0.3 is 10.6 Å². The molecule has 1 fully saturated rings. The molecule has 0 aliphatic heterocycles. The van der Waals surface area contributed by atoms with Gasteiger partial charge in [0.1, 0.15) is 5.82 Å². The second-order valence-electron chi connectivity index (χ2n) is 4.59. The Hall–Kier alpha value is -1.29. The molecule has 1 amide bonds. The molecule has 0 saturated heterocycles. The van der Waals surface area contributed by atoms with Gasteiger partial charge in [0.05, 0.1) is 10.6 Å². The number of anilines is 1. The third-order valence-electron chi connectivity index (χ3n) is 3.35. The summed E-state index contributed by atoms with van der Waals surface area (Å²) in [6.45, 7) is 2.07. The van der Waals surface area contributed by atoms with E-state index in [9.17, 15) is 4.79 Å². The maximum Gasteiger partial charge on any atom is 0.255 e. The van der Waals surface area contributed by atoms with Gasteiger partial charge in [-0.05, 0) is 31.7 Å². The molecule has 1 heterocycles. The van der Waals surface area contributed by atoms with Crippen molar-refractivity contribution in [2.45, 2.75) is 25.8 Å². The summed E-state index contributed by atoms with van der Waals surface area (Å²) in [7, 11) is 1.82. The van der Waals surface area contributed by atoms with E-state index < -0.39 is 0 Å². The molecule has 1 aromatic rings. The first-order valence-electron chi connectivity index (χ1n) is 5.69. The molecule has 0 radical (unpaired) electrons. The molecule has 4 nitrogen and oxygen atoms in total. The smallest absolute Gasteiger partial charge is 0.255 e. The van der Waals surface area contributed by atoms with Crippen molar-refractivity contribution in [2.75, 3.05) is 12.8 Å². The summed E-state index contributed by atoms with van der Waals surface area (Å²) in [5.41, 5.74) is 6.00. The van der Waals surface area contributed by atoms with Crippen LogP contribution in [0.25, 0.3) is 0 Å². The van der Waals surface area contributed by atoms with E-state index in [4.69, 9.17) is 17.3 Å². The summed E-state index contributed by atoms with van der Waals surface area (Å²) in [4.78, 5) is 17.8. The number of hydrogen-bond acceptors (Lipinski definition) is 3. The third-order valence-corrected chi connectivity index (χ3v) is 3.65. The Labute approximate surface area is 106 Å². The van der Waals surface area contributed by atoms with Gasteiger partial charge >= 0.3 is 0 Å². The molecule has 1 aliphatic carbocycles. The van der Waals surface area contributed by atoms with E-state index in [0.717, 1.165) is 0 Å². The van der Waals surface area contributed by atoms with Crippen LogP contribution in [0.3, 0.4) is 0 Å². The van der Waals surface area contributed by atoms with E-state index in [1.54, 1.807) is 11.0 Å². The second-order valence-corrected chi connectivity index (χ2v) is 4.99. The first-order chi connectivity index (χ1) is 8.00. The van der Waals surface area contributed by atoms with Crippen molar-refractivity contribution >= 4 is 23.3 Å². The molecule has 5 heteroatoms. The van der Waals surface area contributed by atoms with Crippen LogP contribution < -0.4 is 5.73 Å². The van der Waals surface area contributed by atoms with Crippen molar-refractivity contribution in [3.05, 3.63) is 22.8 Å². The van der Waals surface area contributed by atoms with Crippen molar-refractivity contribution in [2.24, 2.45) is 5.92 Å². The molecule has 0 bridgehead atoms. The van der Waals surface area contributed by atoms with Gasteiger partial charge in [-0.3, -0.25) is 4.79 Å². The number of pyridine rings is 1. The van der Waals surface area contributed by atoms with Gasteiger partial charge in [-0.25, -0.2) is 4.98 Å². The van der Waals surface area contributed by atoms with Crippen LogP contribution >= 0.6 is 11.6 Å². The molecular formula is C12H16ClN3O. The lowest BCUT2D eigenvalue weighted by Crippen LogP contribution is -2.36. The van der Waals surface area contributed by atoms with E-state index in [-0.39, 0.29) is 17.8 Å². The summed E-state index contributed by atoms with van der Waals surface area (Å²) in [6, 6.07) is 1.83. The van der Waals surface area contributed by atoms with Gasteiger partial charge in [-0.2, -0.15) is 0 Å². The number of rotatable bonds is 3. The number of aromatic nitrogens is 1. The fourth-order valence-corrected chi connectivity index (χ4v) is 2.02. The number of nitrogen functional groups attached to an aromatic ring is 1. The van der Waals surface area contributed by atoms with Crippen molar-refractivity contribution in [3.63, 3.8) is 0 Å². The highest BCUT2D eigenvalue weighted by molar-refractivity contribution is 6.33. The number of nitrogens with two attached hydrogens (primary N) is 1. The van der Waals surface area contributed by atoms with Crippen LogP contribution in [0.1, 0.15) is 30.1 Å². The minimum atomic E-state index is -0.0567. The van der Waals surface area contributed by atoms with E-state index >= 15 is 0 Å². The van der Waals surface area contributed by atoms with Crippen LogP contribution in [0.4, 0.5) is 5.82 Å². The van der Waals surface area contributed by atoms with E-state index in [2.05, 4.69) is 11.9 Å². The summed E-state index contributed by atoms with van der Waals surface area (Å²) in [6.07, 6.45) is 3.89. The Morgan fingerprint density at radius 2 is 2.29 bits per heavy atom. The highest BCUT2D eigenvalue weighted by atomic mass is 35.5. The van der Waals surface area contributed by atoms with Gasteiger partial charge in [0, 0.05) is 19.3 Å². The normalized spacial score (nSPS) is 16.6. The average molecular weight is 254 g/mol. The Balaban J connectivity index is 2.15. The molecule has 1 aliphatic rings. The third kappa shape index (κ3) is 2.52. The lowest BCUT2D eigenvalue weighted by Gasteiger charge is -2.24. The fourth-order valence-electron chi connectivity index (χ4n) is 1.85. The minimum Gasteiger partial charge on any atom is -0.382 e. The molecular weight excluding hydrogens is 238 g/mol. The summed E-state index contributed by atoms with van der Waals surface area (Å²) in [5.74, 6) is 0.834. The molecule has 17 heavy (non-hydrogen) atoms.